The SMILES string of the molecule is CCn1cnnc1CNC(=O)c1ccc(OCC2CCCO2)cc1. The number of amides is 1. The van der Waals surface area contributed by atoms with Gasteiger partial charge in [-0.05, 0) is 44.0 Å². The number of nitrogens with one attached hydrogen (secondary N) is 1. The Kier molecular flexibility index (Phi) is 5.43. The number of benzene rings is 1. The molecule has 1 unspecified atom stereocenters. The molecule has 0 radical (unpaired) electrons. The maximum atomic E-state index is 12.2. The fourth-order valence-corrected chi connectivity index (χ4v) is 2.61. The van der Waals surface area contributed by atoms with Gasteiger partial charge in [-0.15, -0.1) is 10.2 Å². The summed E-state index contributed by atoms with van der Waals surface area (Å²) in [7, 11) is 0. The van der Waals surface area contributed by atoms with E-state index in [0.29, 0.717) is 18.7 Å². The van der Waals surface area contributed by atoms with Crippen LogP contribution in [-0.2, 0) is 17.8 Å². The molecule has 3 rings (SSSR count). The first kappa shape index (κ1) is 16.4. The Bertz CT molecular complexity index is 663. The number of hydrogen-bond donors (Lipinski definition) is 1. The first-order chi connectivity index (χ1) is 11.8. The molecule has 7 heteroatoms. The molecule has 1 N–H and O–H groups in total. The van der Waals surface area contributed by atoms with Crippen LogP contribution in [0, 0.1) is 0 Å². The van der Waals surface area contributed by atoms with E-state index >= 15 is 0 Å². The van der Waals surface area contributed by atoms with Crippen molar-refractivity contribution >= 4 is 5.91 Å². The minimum atomic E-state index is -0.147. The first-order valence-electron chi connectivity index (χ1n) is 8.25. The fourth-order valence-electron chi connectivity index (χ4n) is 2.61. The van der Waals surface area contributed by atoms with Crippen LogP contribution >= 0.6 is 0 Å². The minimum Gasteiger partial charge on any atom is -0.491 e. The second-order valence-corrected chi connectivity index (χ2v) is 5.69. The van der Waals surface area contributed by atoms with Gasteiger partial charge < -0.3 is 19.4 Å². The molecule has 1 saturated heterocycles. The number of ether oxygens (including phenoxy) is 2. The Morgan fingerprint density at radius 2 is 2.25 bits per heavy atom. The Balaban J connectivity index is 1.49. The van der Waals surface area contributed by atoms with Gasteiger partial charge in [0.05, 0.1) is 12.6 Å². The summed E-state index contributed by atoms with van der Waals surface area (Å²) in [5.41, 5.74) is 0.585. The Morgan fingerprint density at radius 1 is 1.42 bits per heavy atom. The van der Waals surface area contributed by atoms with Gasteiger partial charge in [0.25, 0.3) is 5.91 Å². The Labute approximate surface area is 141 Å². The smallest absolute Gasteiger partial charge is 0.251 e. The van der Waals surface area contributed by atoms with E-state index in [4.69, 9.17) is 9.47 Å². The number of aromatic nitrogens is 3. The number of carbonyl (C=O) groups is 1. The zero-order valence-corrected chi connectivity index (χ0v) is 13.8. The van der Waals surface area contributed by atoms with Gasteiger partial charge in [-0.2, -0.15) is 0 Å². The van der Waals surface area contributed by atoms with Crippen LogP contribution in [0.4, 0.5) is 0 Å². The number of aryl methyl sites for hydroxylation is 1. The third-order valence-corrected chi connectivity index (χ3v) is 4.02. The van der Waals surface area contributed by atoms with Crippen molar-refractivity contribution in [2.45, 2.75) is 39.0 Å². The highest BCUT2D eigenvalue weighted by Crippen LogP contribution is 2.16. The molecule has 1 aromatic heterocycles. The van der Waals surface area contributed by atoms with E-state index in [0.717, 1.165) is 37.6 Å². The van der Waals surface area contributed by atoms with Gasteiger partial charge in [0, 0.05) is 18.7 Å². The molecule has 1 aliphatic rings. The zero-order valence-electron chi connectivity index (χ0n) is 13.8. The van der Waals surface area contributed by atoms with Gasteiger partial charge >= 0.3 is 0 Å². The molecule has 1 fully saturated rings. The molecule has 1 aliphatic heterocycles. The van der Waals surface area contributed by atoms with Crippen LogP contribution in [0.1, 0.15) is 35.9 Å². The normalized spacial score (nSPS) is 17.0. The van der Waals surface area contributed by atoms with Gasteiger partial charge in [-0.1, -0.05) is 0 Å². The van der Waals surface area contributed by atoms with Crippen molar-refractivity contribution < 1.29 is 14.3 Å². The molecule has 1 aromatic carbocycles. The fraction of sp³-hybridized carbons (Fsp3) is 0.471. The molecule has 2 heterocycles. The molecule has 1 atom stereocenters. The topological polar surface area (TPSA) is 78.3 Å². The van der Waals surface area contributed by atoms with Crippen LogP contribution in [-0.4, -0.2) is 40.0 Å². The maximum absolute atomic E-state index is 12.2. The highest BCUT2D eigenvalue weighted by Gasteiger charge is 2.16. The molecule has 24 heavy (non-hydrogen) atoms. The van der Waals surface area contributed by atoms with E-state index in [2.05, 4.69) is 15.5 Å². The lowest BCUT2D eigenvalue weighted by Crippen LogP contribution is -2.24. The average Bonchev–Trinajstić information content (AvgIpc) is 3.29. The number of nitrogens with zero attached hydrogens (tertiary/aromatic N) is 3. The maximum Gasteiger partial charge on any atom is 0.251 e. The van der Waals surface area contributed by atoms with Gasteiger partial charge in [0.15, 0.2) is 5.82 Å². The first-order valence-corrected chi connectivity index (χ1v) is 8.25. The van der Waals surface area contributed by atoms with Gasteiger partial charge in [-0.25, -0.2) is 0 Å². The summed E-state index contributed by atoms with van der Waals surface area (Å²) in [4.78, 5) is 12.2. The molecular formula is C17H22N4O3. The Morgan fingerprint density at radius 3 is 2.96 bits per heavy atom. The molecule has 1 amide bonds. The van der Waals surface area contributed by atoms with Crippen molar-refractivity contribution in [3.63, 3.8) is 0 Å². The number of rotatable bonds is 7. The van der Waals surface area contributed by atoms with Crippen molar-refractivity contribution in [2.75, 3.05) is 13.2 Å². The third kappa shape index (κ3) is 4.11. The van der Waals surface area contributed by atoms with E-state index in [-0.39, 0.29) is 12.0 Å². The van der Waals surface area contributed by atoms with E-state index in [1.165, 1.54) is 0 Å². The molecule has 2 aromatic rings. The number of hydrogen-bond acceptors (Lipinski definition) is 5. The summed E-state index contributed by atoms with van der Waals surface area (Å²) in [5.74, 6) is 1.33. The van der Waals surface area contributed by atoms with Crippen molar-refractivity contribution in [1.82, 2.24) is 20.1 Å². The zero-order chi connectivity index (χ0) is 16.8. The second-order valence-electron chi connectivity index (χ2n) is 5.69. The Hall–Kier alpha value is -2.41. The van der Waals surface area contributed by atoms with Gasteiger partial charge in [0.1, 0.15) is 18.7 Å². The van der Waals surface area contributed by atoms with Gasteiger partial charge in [-0.3, -0.25) is 4.79 Å². The van der Waals surface area contributed by atoms with Crippen LogP contribution in [0.5, 0.6) is 5.75 Å². The molecule has 0 saturated carbocycles. The molecular weight excluding hydrogens is 308 g/mol. The predicted molar refractivity (Wildman–Crippen MR) is 87.8 cm³/mol. The monoisotopic (exact) mass is 330 g/mol. The third-order valence-electron chi connectivity index (χ3n) is 4.02. The van der Waals surface area contributed by atoms with Gasteiger partial charge in [0.2, 0.25) is 0 Å². The molecule has 0 aliphatic carbocycles. The van der Waals surface area contributed by atoms with E-state index in [9.17, 15) is 4.79 Å². The van der Waals surface area contributed by atoms with Crippen LogP contribution in [0.25, 0.3) is 0 Å². The molecule has 0 spiro atoms. The van der Waals surface area contributed by atoms with Crippen molar-refractivity contribution in [2.24, 2.45) is 0 Å². The summed E-state index contributed by atoms with van der Waals surface area (Å²) in [6.07, 6.45) is 3.98. The summed E-state index contributed by atoms with van der Waals surface area (Å²) in [5, 5.41) is 10.7. The highest BCUT2D eigenvalue weighted by atomic mass is 16.5. The van der Waals surface area contributed by atoms with E-state index in [1.807, 2.05) is 11.5 Å². The van der Waals surface area contributed by atoms with Crippen LogP contribution in [0.3, 0.4) is 0 Å². The summed E-state index contributed by atoms with van der Waals surface area (Å²) in [6.45, 7) is 4.50. The molecule has 128 valence electrons. The predicted octanol–water partition coefficient (Wildman–Crippen LogP) is 1.79. The number of carbonyl (C=O) groups excluding carboxylic acids is 1. The van der Waals surface area contributed by atoms with Crippen molar-refractivity contribution in [3.05, 3.63) is 42.0 Å². The van der Waals surface area contributed by atoms with Crippen LogP contribution in [0.15, 0.2) is 30.6 Å². The lowest BCUT2D eigenvalue weighted by atomic mass is 10.2. The van der Waals surface area contributed by atoms with Crippen LogP contribution < -0.4 is 10.1 Å². The average molecular weight is 330 g/mol. The van der Waals surface area contributed by atoms with Crippen molar-refractivity contribution in [1.29, 1.82) is 0 Å². The summed E-state index contributed by atoms with van der Waals surface area (Å²) in [6, 6.07) is 7.12. The second kappa shape index (κ2) is 7.92. The minimum absolute atomic E-state index is 0.147. The van der Waals surface area contributed by atoms with E-state index in [1.54, 1.807) is 30.6 Å². The highest BCUT2D eigenvalue weighted by molar-refractivity contribution is 5.94. The quantitative estimate of drug-likeness (QED) is 0.837. The van der Waals surface area contributed by atoms with E-state index < -0.39 is 0 Å². The lowest BCUT2D eigenvalue weighted by Gasteiger charge is -2.11. The molecule has 7 nitrogen and oxygen atoms in total. The lowest BCUT2D eigenvalue weighted by molar-refractivity contribution is 0.0679. The summed E-state index contributed by atoms with van der Waals surface area (Å²) < 4.78 is 13.1. The van der Waals surface area contributed by atoms with Crippen molar-refractivity contribution in [3.8, 4) is 5.75 Å². The summed E-state index contributed by atoms with van der Waals surface area (Å²) >= 11 is 0. The standard InChI is InChI=1S/C17H22N4O3/c1-2-21-12-19-20-16(21)10-18-17(22)13-5-7-14(8-6-13)24-11-15-4-3-9-23-15/h5-8,12,15H,2-4,9-11H2,1H3,(H,18,22). The van der Waals surface area contributed by atoms with Crippen LogP contribution in [0.2, 0.25) is 0 Å². The molecule has 0 bridgehead atoms. The largest absolute Gasteiger partial charge is 0.491 e.